The van der Waals surface area contributed by atoms with Gasteiger partial charge in [0.25, 0.3) is 0 Å². The first-order valence-electron chi connectivity index (χ1n) is 27.6. The topological polar surface area (TPSA) is 232 Å². The van der Waals surface area contributed by atoms with Crippen molar-refractivity contribution in [3.8, 4) is 45.8 Å². The molecular formula is C58H73N13O8S. The number of piperazine rings is 2. The number of likely N-dealkylation sites (tertiary alicyclic amines) is 1. The molecule has 3 aliphatic heterocycles. The fourth-order valence-electron chi connectivity index (χ4n) is 10.9. The molecule has 6 heterocycles. The van der Waals surface area contributed by atoms with E-state index in [1.165, 1.54) is 10.6 Å². The third kappa shape index (κ3) is 14.2. The number of carbonyl (C=O) groups is 1. The Morgan fingerprint density at radius 2 is 1.43 bits per heavy atom. The minimum absolute atomic E-state index is 0.00712. The van der Waals surface area contributed by atoms with Gasteiger partial charge in [-0.15, -0.1) is 10.2 Å². The van der Waals surface area contributed by atoms with Crippen molar-refractivity contribution in [3.63, 3.8) is 0 Å². The van der Waals surface area contributed by atoms with Crippen molar-refractivity contribution in [2.24, 2.45) is 5.92 Å². The van der Waals surface area contributed by atoms with E-state index in [1.807, 2.05) is 73.3 Å². The summed E-state index contributed by atoms with van der Waals surface area (Å²) < 4.78 is 41.1. The van der Waals surface area contributed by atoms with E-state index in [1.54, 1.807) is 35.0 Å². The first kappa shape index (κ1) is 56.0. The standard InChI is InChI=1S/C58H73N13O8S/c1-41(2)50-36-51(54(73)37-53(50)72)56-61-62-58(75)70(56)48-11-7-42(8-12-48)39-66-22-24-67(25-23-66)40-43-17-20-69(21-18-43)55(74)19-31-78-33-34-79-32-30-65-26-28-68(29-27-65)47-13-9-45(10-14-47)60-57-59-38-49-15-16-52(71(49)63-57)44-5-4-6-46(35-44)64-80(3,76)77/h4-16,35-38,41,43,64,72-73H,17-34,39-40H2,1-3H3,(H,60,63)(H,62,75). The van der Waals surface area contributed by atoms with E-state index in [4.69, 9.17) is 14.6 Å². The zero-order valence-electron chi connectivity index (χ0n) is 45.8. The van der Waals surface area contributed by atoms with Gasteiger partial charge in [-0.25, -0.2) is 22.5 Å². The molecule has 3 aliphatic rings. The highest BCUT2D eigenvalue weighted by Gasteiger charge is 2.27. The fraction of sp³-hybridized carbons (Fsp3) is 0.431. The lowest BCUT2D eigenvalue weighted by Gasteiger charge is -2.39. The van der Waals surface area contributed by atoms with Crippen LogP contribution in [0.4, 0.5) is 23.0 Å². The van der Waals surface area contributed by atoms with Gasteiger partial charge in [0.1, 0.15) is 11.5 Å². The number of rotatable bonds is 22. The summed E-state index contributed by atoms with van der Waals surface area (Å²) in [5.41, 5.74) is 7.79. The molecule has 21 nitrogen and oxygen atoms in total. The minimum atomic E-state index is -3.41. The summed E-state index contributed by atoms with van der Waals surface area (Å²) in [7, 11) is -3.41. The number of nitrogens with one attached hydrogen (secondary N) is 2. The number of phenolic OH excluding ortho intramolecular Hbond substituents is 2. The number of aromatic hydroxyl groups is 3. The average molecular weight is 1110 g/mol. The molecule has 4 aromatic carbocycles. The number of carbonyl (C=O) groups excluding carboxylic acids is 1. The maximum atomic E-state index is 13.1. The van der Waals surface area contributed by atoms with Crippen LogP contribution in [0, 0.1) is 5.92 Å². The number of phenols is 2. The molecule has 0 unspecified atom stereocenters. The van der Waals surface area contributed by atoms with Crippen molar-refractivity contribution in [1.82, 2.24) is 49.0 Å². The van der Waals surface area contributed by atoms with Crippen LogP contribution < -0.4 is 14.9 Å². The Hall–Kier alpha value is -7.34. The van der Waals surface area contributed by atoms with Crippen LogP contribution in [0.5, 0.6) is 17.5 Å². The summed E-state index contributed by atoms with van der Waals surface area (Å²) in [4.78, 5) is 29.4. The first-order chi connectivity index (χ1) is 38.7. The van der Waals surface area contributed by atoms with Gasteiger partial charge in [0, 0.05) is 114 Å². The van der Waals surface area contributed by atoms with E-state index in [9.17, 15) is 28.5 Å². The van der Waals surface area contributed by atoms with Crippen LogP contribution in [0.3, 0.4) is 0 Å². The number of benzene rings is 4. The predicted molar refractivity (Wildman–Crippen MR) is 308 cm³/mol. The van der Waals surface area contributed by atoms with Crippen molar-refractivity contribution < 1.29 is 38.0 Å². The summed E-state index contributed by atoms with van der Waals surface area (Å²) in [6.07, 6.45) is 5.31. The molecule has 0 radical (unpaired) electrons. The third-order valence-corrected chi connectivity index (χ3v) is 15.9. The first-order valence-corrected chi connectivity index (χ1v) is 29.5. The summed E-state index contributed by atoms with van der Waals surface area (Å²) >= 11 is 0. The van der Waals surface area contributed by atoms with Gasteiger partial charge < -0.3 is 44.8 Å². The van der Waals surface area contributed by atoms with Gasteiger partial charge in [0.15, 0.2) is 5.82 Å². The Morgan fingerprint density at radius 1 is 0.725 bits per heavy atom. The van der Waals surface area contributed by atoms with Crippen LogP contribution >= 0.6 is 0 Å². The SMILES string of the molecule is CC(C)c1cc(-c2nnc(O)n2-c2ccc(CN3CCN(CC4CCN(C(=O)CCOCCOCCN5CCN(c6ccc(Nc7ncc8ccc(-c9cccc(NS(C)(=O)=O)c9)n8n7)cc6)CC5)CC4)CC3)cc2)c(O)cc1O. The number of amides is 1. The predicted octanol–water partition coefficient (Wildman–Crippen LogP) is 6.60. The van der Waals surface area contributed by atoms with E-state index in [0.717, 1.165) is 138 Å². The maximum absolute atomic E-state index is 13.1. The molecule has 0 spiro atoms. The molecule has 3 saturated heterocycles. The second-order valence-electron chi connectivity index (χ2n) is 21.4. The molecule has 424 valence electrons. The number of anilines is 4. The number of piperidine rings is 1. The lowest BCUT2D eigenvalue weighted by Crippen LogP contribution is -2.48. The molecule has 7 aromatic rings. The number of hydrogen-bond acceptors (Lipinski definition) is 17. The molecule has 0 aliphatic carbocycles. The average Bonchev–Trinajstić information content (AvgIpc) is 4.08. The van der Waals surface area contributed by atoms with Gasteiger partial charge in [-0.1, -0.05) is 43.2 Å². The van der Waals surface area contributed by atoms with E-state index in [-0.39, 0.29) is 35.2 Å². The number of hydrogen-bond donors (Lipinski definition) is 5. The van der Waals surface area contributed by atoms with Crippen LogP contribution in [-0.4, -0.2) is 190 Å². The summed E-state index contributed by atoms with van der Waals surface area (Å²) in [5.74, 6) is 1.34. The molecule has 0 atom stereocenters. The molecule has 3 aromatic heterocycles. The largest absolute Gasteiger partial charge is 0.508 e. The van der Waals surface area contributed by atoms with Crippen LogP contribution in [0.25, 0.3) is 33.8 Å². The van der Waals surface area contributed by atoms with Gasteiger partial charge in [-0.05, 0) is 103 Å². The Morgan fingerprint density at radius 3 is 2.15 bits per heavy atom. The lowest BCUT2D eigenvalue weighted by atomic mass is 9.95. The number of fused-ring (bicyclic) bond motifs is 1. The molecular weight excluding hydrogens is 1040 g/mol. The van der Waals surface area contributed by atoms with E-state index in [2.05, 4.69) is 57.0 Å². The fourth-order valence-corrected chi connectivity index (χ4v) is 11.4. The molecule has 80 heavy (non-hydrogen) atoms. The van der Waals surface area contributed by atoms with Crippen LogP contribution in [0.1, 0.15) is 50.2 Å². The number of aromatic nitrogens is 6. The van der Waals surface area contributed by atoms with Gasteiger partial charge in [-0.2, -0.15) is 0 Å². The molecule has 1 amide bonds. The molecule has 22 heteroatoms. The van der Waals surface area contributed by atoms with Crippen molar-refractivity contribution >= 4 is 44.5 Å². The number of sulfonamides is 1. The molecule has 10 rings (SSSR count). The molecule has 0 bridgehead atoms. The molecule has 3 fully saturated rings. The highest BCUT2D eigenvalue weighted by Crippen LogP contribution is 2.39. The number of ether oxygens (including phenoxy) is 2. The quantitative estimate of drug-likeness (QED) is 0.0450. The monoisotopic (exact) mass is 1110 g/mol. The second-order valence-corrected chi connectivity index (χ2v) is 23.1. The Bertz CT molecular complexity index is 3310. The Labute approximate surface area is 467 Å². The van der Waals surface area contributed by atoms with Gasteiger partial charge >= 0.3 is 6.01 Å². The van der Waals surface area contributed by atoms with Crippen LogP contribution in [0.2, 0.25) is 0 Å². The number of nitrogens with zero attached hydrogens (tertiary/aromatic N) is 11. The van der Waals surface area contributed by atoms with Crippen molar-refractivity contribution in [2.45, 2.75) is 45.6 Å². The van der Waals surface area contributed by atoms with Crippen molar-refractivity contribution in [1.29, 1.82) is 0 Å². The van der Waals surface area contributed by atoms with E-state index < -0.39 is 10.0 Å². The molecule has 0 saturated carbocycles. The highest BCUT2D eigenvalue weighted by molar-refractivity contribution is 7.92. The minimum Gasteiger partial charge on any atom is -0.508 e. The smallest absolute Gasteiger partial charge is 0.319 e. The third-order valence-electron chi connectivity index (χ3n) is 15.3. The van der Waals surface area contributed by atoms with Crippen molar-refractivity contribution in [3.05, 3.63) is 114 Å². The van der Waals surface area contributed by atoms with Gasteiger partial charge in [0.2, 0.25) is 21.9 Å². The van der Waals surface area contributed by atoms with Crippen LogP contribution in [-0.2, 0) is 30.8 Å². The normalized spacial score (nSPS) is 16.2. The zero-order valence-corrected chi connectivity index (χ0v) is 46.6. The Balaban J connectivity index is 0.561. The van der Waals surface area contributed by atoms with Crippen LogP contribution in [0.15, 0.2) is 103 Å². The summed E-state index contributed by atoms with van der Waals surface area (Å²) in [5, 5.41) is 47.8. The van der Waals surface area contributed by atoms with E-state index in [0.29, 0.717) is 67.2 Å². The highest BCUT2D eigenvalue weighted by atomic mass is 32.2. The summed E-state index contributed by atoms with van der Waals surface area (Å²) in [6, 6.07) is 30.0. The van der Waals surface area contributed by atoms with Gasteiger partial charge in [-0.3, -0.25) is 19.3 Å². The van der Waals surface area contributed by atoms with E-state index >= 15 is 0 Å². The maximum Gasteiger partial charge on any atom is 0.319 e. The van der Waals surface area contributed by atoms with Crippen molar-refractivity contribution in [2.75, 3.05) is 126 Å². The second kappa shape index (κ2) is 25.4. The lowest BCUT2D eigenvalue weighted by molar-refractivity contribution is -0.134. The van der Waals surface area contributed by atoms with Gasteiger partial charge in [0.05, 0.1) is 67.8 Å². The molecule has 5 N–H and O–H groups in total. The Kier molecular flexibility index (Phi) is 17.8. The zero-order chi connectivity index (χ0) is 55.8. The summed E-state index contributed by atoms with van der Waals surface area (Å²) in [6.45, 7) is 17.9.